The fourth-order valence-electron chi connectivity index (χ4n) is 4.75. The third-order valence-corrected chi connectivity index (χ3v) is 6.44. The number of methoxy groups -OCH3 is 1. The van der Waals surface area contributed by atoms with E-state index in [-0.39, 0.29) is 11.5 Å². The Labute approximate surface area is 161 Å². The first-order valence-corrected chi connectivity index (χ1v) is 10.2. The molecule has 148 valence electrons. The maximum Gasteiger partial charge on any atom is 0.253 e. The summed E-state index contributed by atoms with van der Waals surface area (Å²) in [6.45, 7) is 6.53. The number of carbonyl (C=O) groups excluding carboxylic acids is 1. The molecule has 3 aliphatic rings. The maximum absolute atomic E-state index is 12.8. The third kappa shape index (κ3) is 4.13. The Kier molecular flexibility index (Phi) is 5.66. The lowest BCUT2D eigenvalue weighted by molar-refractivity contribution is -0.123. The molecule has 0 aliphatic carbocycles. The number of amides is 1. The first-order valence-electron chi connectivity index (χ1n) is 10.2. The van der Waals surface area contributed by atoms with Crippen molar-refractivity contribution in [2.24, 2.45) is 0 Å². The highest BCUT2D eigenvalue weighted by molar-refractivity contribution is 5.94. The summed E-state index contributed by atoms with van der Waals surface area (Å²) in [4.78, 5) is 17.3. The lowest BCUT2D eigenvalue weighted by atomic mass is 9.82. The number of hydrogen-bond acceptors (Lipinski definition) is 5. The number of benzene rings is 1. The van der Waals surface area contributed by atoms with Crippen molar-refractivity contribution in [1.82, 2.24) is 15.1 Å². The van der Waals surface area contributed by atoms with Crippen LogP contribution in [0.5, 0.6) is 5.75 Å². The normalized spacial score (nSPS) is 26.1. The van der Waals surface area contributed by atoms with Gasteiger partial charge in [0.2, 0.25) is 0 Å². The van der Waals surface area contributed by atoms with Gasteiger partial charge in [-0.05, 0) is 63.0 Å². The lowest BCUT2D eigenvalue weighted by Gasteiger charge is -2.48. The van der Waals surface area contributed by atoms with Gasteiger partial charge in [-0.2, -0.15) is 0 Å². The molecule has 0 bridgehead atoms. The summed E-state index contributed by atoms with van der Waals surface area (Å²) in [5.41, 5.74) is 0.827. The molecule has 3 saturated heterocycles. The highest BCUT2D eigenvalue weighted by Crippen LogP contribution is 2.35. The summed E-state index contributed by atoms with van der Waals surface area (Å²) < 4.78 is 11.4. The average Bonchev–Trinajstić information content (AvgIpc) is 2.74. The Morgan fingerprint density at radius 1 is 1.15 bits per heavy atom. The van der Waals surface area contributed by atoms with E-state index in [0.717, 1.165) is 82.9 Å². The molecule has 1 N–H and O–H groups in total. The predicted molar refractivity (Wildman–Crippen MR) is 104 cm³/mol. The zero-order valence-electron chi connectivity index (χ0n) is 16.3. The first kappa shape index (κ1) is 18.7. The second-order valence-corrected chi connectivity index (χ2v) is 7.98. The van der Waals surface area contributed by atoms with Crippen molar-refractivity contribution in [1.29, 1.82) is 0 Å². The molecule has 0 saturated carbocycles. The van der Waals surface area contributed by atoms with Crippen LogP contribution in [0.4, 0.5) is 0 Å². The van der Waals surface area contributed by atoms with Crippen molar-refractivity contribution in [3.8, 4) is 5.75 Å². The van der Waals surface area contributed by atoms with Crippen LogP contribution in [0, 0.1) is 0 Å². The Hall–Kier alpha value is -1.63. The van der Waals surface area contributed by atoms with Crippen LogP contribution >= 0.6 is 0 Å². The van der Waals surface area contributed by atoms with Crippen LogP contribution in [0.1, 0.15) is 36.0 Å². The zero-order valence-corrected chi connectivity index (χ0v) is 16.3. The van der Waals surface area contributed by atoms with Gasteiger partial charge in [-0.1, -0.05) is 0 Å². The molecule has 0 aromatic heterocycles. The summed E-state index contributed by atoms with van der Waals surface area (Å²) in [5, 5.41) is 3.45. The second-order valence-electron chi connectivity index (χ2n) is 7.98. The number of piperazine rings is 1. The number of rotatable bonds is 3. The third-order valence-electron chi connectivity index (χ3n) is 6.44. The van der Waals surface area contributed by atoms with E-state index < -0.39 is 0 Å². The minimum atomic E-state index is 0.0875. The quantitative estimate of drug-likeness (QED) is 0.875. The van der Waals surface area contributed by atoms with Crippen LogP contribution in [0.25, 0.3) is 0 Å². The van der Waals surface area contributed by atoms with Crippen LogP contribution in [0.2, 0.25) is 0 Å². The lowest BCUT2D eigenvalue weighted by Crippen LogP contribution is -2.57. The maximum atomic E-state index is 12.8. The molecular weight excluding hydrogens is 342 g/mol. The highest BCUT2D eigenvalue weighted by Gasteiger charge is 2.40. The molecule has 1 atom stereocenters. The summed E-state index contributed by atoms with van der Waals surface area (Å²) >= 11 is 0. The van der Waals surface area contributed by atoms with Gasteiger partial charge in [0.15, 0.2) is 0 Å². The number of nitrogens with zero attached hydrogens (tertiary/aromatic N) is 2. The van der Waals surface area contributed by atoms with Crippen molar-refractivity contribution < 1.29 is 14.3 Å². The van der Waals surface area contributed by atoms with Gasteiger partial charge in [0.1, 0.15) is 5.75 Å². The molecule has 1 aromatic carbocycles. The second kappa shape index (κ2) is 8.17. The molecule has 4 rings (SSSR count). The van der Waals surface area contributed by atoms with Crippen LogP contribution in [-0.4, -0.2) is 80.3 Å². The van der Waals surface area contributed by atoms with Crippen LogP contribution in [0.3, 0.4) is 0 Å². The molecule has 27 heavy (non-hydrogen) atoms. The molecule has 3 heterocycles. The van der Waals surface area contributed by atoms with Crippen molar-refractivity contribution in [2.75, 3.05) is 53.0 Å². The Morgan fingerprint density at radius 2 is 1.85 bits per heavy atom. The molecule has 1 amide bonds. The predicted octanol–water partition coefficient (Wildman–Crippen LogP) is 1.75. The number of carbonyl (C=O) groups is 1. The standard InChI is InChI=1S/C21H31N3O3/c1-26-19-4-2-17(3-5-19)20(25)24-13-11-23(12-14-24)18-6-15-27-21(16-18)7-9-22-10-8-21/h2-5,18,22H,6-16H2,1H3. The van der Waals surface area contributed by atoms with E-state index in [4.69, 9.17) is 9.47 Å². The average molecular weight is 373 g/mol. The van der Waals surface area contributed by atoms with Crippen LogP contribution < -0.4 is 10.1 Å². The summed E-state index contributed by atoms with van der Waals surface area (Å²) in [6, 6.07) is 8.00. The van der Waals surface area contributed by atoms with Gasteiger partial charge in [0, 0.05) is 44.4 Å². The smallest absolute Gasteiger partial charge is 0.253 e. The minimum Gasteiger partial charge on any atom is -0.497 e. The van der Waals surface area contributed by atoms with E-state index in [2.05, 4.69) is 10.2 Å². The van der Waals surface area contributed by atoms with Gasteiger partial charge in [-0.25, -0.2) is 0 Å². The van der Waals surface area contributed by atoms with Gasteiger partial charge >= 0.3 is 0 Å². The molecule has 1 aromatic rings. The van der Waals surface area contributed by atoms with Gasteiger partial charge in [-0.3, -0.25) is 9.69 Å². The minimum absolute atomic E-state index is 0.0875. The number of ether oxygens (including phenoxy) is 2. The van der Waals surface area contributed by atoms with E-state index in [1.54, 1.807) is 7.11 Å². The van der Waals surface area contributed by atoms with Gasteiger partial charge in [-0.15, -0.1) is 0 Å². The van der Waals surface area contributed by atoms with Crippen LogP contribution in [-0.2, 0) is 4.74 Å². The number of piperidine rings is 1. The summed E-state index contributed by atoms with van der Waals surface area (Å²) in [5.74, 6) is 0.904. The Bertz CT molecular complexity index is 629. The van der Waals surface area contributed by atoms with E-state index in [0.29, 0.717) is 6.04 Å². The van der Waals surface area contributed by atoms with Gasteiger partial charge in [0.25, 0.3) is 5.91 Å². The van der Waals surface area contributed by atoms with E-state index in [1.165, 1.54) is 0 Å². The molecule has 3 aliphatic heterocycles. The van der Waals surface area contributed by atoms with Crippen molar-refractivity contribution in [2.45, 2.75) is 37.3 Å². The van der Waals surface area contributed by atoms with Crippen molar-refractivity contribution in [3.05, 3.63) is 29.8 Å². The van der Waals surface area contributed by atoms with Crippen molar-refractivity contribution in [3.63, 3.8) is 0 Å². The monoisotopic (exact) mass is 373 g/mol. The molecular formula is C21H31N3O3. The molecule has 3 fully saturated rings. The topological polar surface area (TPSA) is 54.0 Å². The number of hydrogen-bond donors (Lipinski definition) is 1. The molecule has 1 unspecified atom stereocenters. The zero-order chi connectivity index (χ0) is 18.7. The summed E-state index contributed by atoms with van der Waals surface area (Å²) in [7, 11) is 1.64. The molecule has 6 heteroatoms. The van der Waals surface area contributed by atoms with E-state index in [9.17, 15) is 4.79 Å². The van der Waals surface area contributed by atoms with Crippen LogP contribution in [0.15, 0.2) is 24.3 Å². The van der Waals surface area contributed by atoms with Crippen molar-refractivity contribution >= 4 is 5.91 Å². The van der Waals surface area contributed by atoms with E-state index in [1.807, 2.05) is 29.2 Å². The molecule has 1 spiro atoms. The SMILES string of the molecule is COc1ccc(C(=O)N2CCN(C3CCOC4(CCNCC4)C3)CC2)cc1. The van der Waals surface area contributed by atoms with E-state index >= 15 is 0 Å². The summed E-state index contributed by atoms with van der Waals surface area (Å²) in [6.07, 6.45) is 4.50. The number of nitrogens with one attached hydrogen (secondary N) is 1. The molecule has 0 radical (unpaired) electrons. The fraction of sp³-hybridized carbons (Fsp3) is 0.667. The Balaban J connectivity index is 1.32. The fourth-order valence-corrected chi connectivity index (χ4v) is 4.75. The Morgan fingerprint density at radius 3 is 2.52 bits per heavy atom. The first-order chi connectivity index (χ1) is 13.2. The molecule has 6 nitrogen and oxygen atoms in total. The van der Waals surface area contributed by atoms with Gasteiger partial charge < -0.3 is 19.7 Å². The van der Waals surface area contributed by atoms with Gasteiger partial charge in [0.05, 0.1) is 12.7 Å². The highest BCUT2D eigenvalue weighted by atomic mass is 16.5. The largest absolute Gasteiger partial charge is 0.497 e.